The van der Waals surface area contributed by atoms with Gasteiger partial charge in [-0.3, -0.25) is 10.1 Å². The topological polar surface area (TPSA) is 80.6 Å². The van der Waals surface area contributed by atoms with E-state index < -0.39 is 29.4 Å². The van der Waals surface area contributed by atoms with E-state index in [0.717, 1.165) is 22.3 Å². The molecule has 2 N–H and O–H groups in total. The number of nitrogens with zero attached hydrogens (tertiary/aromatic N) is 1. The Morgan fingerprint density at radius 3 is 2.22 bits per heavy atom. The second-order valence-corrected chi connectivity index (χ2v) is 9.86. The van der Waals surface area contributed by atoms with Gasteiger partial charge in [0.15, 0.2) is 5.82 Å². The molecule has 1 unspecified atom stereocenters. The summed E-state index contributed by atoms with van der Waals surface area (Å²) in [5.41, 5.74) is 3.71. The molecule has 8 heteroatoms. The molecule has 0 spiro atoms. The highest BCUT2D eigenvalue weighted by molar-refractivity contribution is 7.07. The smallest absolute Gasteiger partial charge is 0.413 e. The molecule has 0 aliphatic heterocycles. The van der Waals surface area contributed by atoms with Crippen LogP contribution in [0.15, 0.2) is 71.6 Å². The van der Waals surface area contributed by atoms with Gasteiger partial charge in [0.05, 0.1) is 11.0 Å². The van der Waals surface area contributed by atoms with E-state index in [1.165, 1.54) is 22.1 Å². The zero-order chi connectivity index (χ0) is 25.4. The minimum Gasteiger partial charge on any atom is -0.481 e. The summed E-state index contributed by atoms with van der Waals surface area (Å²) in [6.45, 7) is 1.78. The van der Waals surface area contributed by atoms with Crippen LogP contribution < -0.4 is 5.32 Å². The lowest BCUT2D eigenvalue weighted by Gasteiger charge is -2.15. The normalized spacial score (nSPS) is 14.8. The van der Waals surface area contributed by atoms with Crippen LogP contribution in [0.3, 0.4) is 0 Å². The first-order valence-corrected chi connectivity index (χ1v) is 12.5. The number of anilines is 1. The maximum absolute atomic E-state index is 14.9. The Morgan fingerprint density at radius 2 is 1.67 bits per heavy atom. The molecule has 1 atom stereocenters. The molecule has 1 amide bonds. The van der Waals surface area contributed by atoms with Crippen LogP contribution in [0, 0.1) is 5.82 Å². The van der Waals surface area contributed by atoms with Gasteiger partial charge in [-0.05, 0) is 58.8 Å². The molecule has 1 fully saturated rings. The number of carboxylic acids is 1. The van der Waals surface area contributed by atoms with E-state index >= 15 is 0 Å². The number of carboxylic acid groups (broad SMARTS) is 1. The van der Waals surface area contributed by atoms with Gasteiger partial charge in [-0.2, -0.15) is 11.3 Å². The third-order valence-corrected chi connectivity index (χ3v) is 7.46. The highest BCUT2D eigenvalue weighted by Gasteiger charge is 2.51. The second-order valence-electron chi connectivity index (χ2n) is 9.08. The van der Waals surface area contributed by atoms with Gasteiger partial charge >= 0.3 is 12.1 Å². The number of ether oxygens (including phenoxy) is 1. The monoisotopic (exact) mass is 504 g/mol. The summed E-state index contributed by atoms with van der Waals surface area (Å²) in [6.07, 6.45) is 1.55. The van der Waals surface area contributed by atoms with Crippen molar-refractivity contribution in [3.05, 3.63) is 88.5 Å². The Hall–Kier alpha value is -3.91. The molecule has 0 radical (unpaired) electrons. The minimum absolute atomic E-state index is 0.275. The van der Waals surface area contributed by atoms with Crippen LogP contribution >= 0.6 is 11.3 Å². The molecule has 0 bridgehead atoms. The lowest BCUT2D eigenvalue weighted by molar-refractivity contribution is -0.140. The van der Waals surface area contributed by atoms with E-state index in [1.807, 2.05) is 53.2 Å². The number of aliphatic carboxylic acids is 1. The van der Waals surface area contributed by atoms with Gasteiger partial charge in [0.2, 0.25) is 0 Å². The molecule has 2 aromatic carbocycles. The average Bonchev–Trinajstić information content (AvgIpc) is 3.40. The third kappa shape index (κ3) is 4.40. The highest BCUT2D eigenvalue weighted by atomic mass is 32.1. The number of thiophene rings is 1. The summed E-state index contributed by atoms with van der Waals surface area (Å²) in [6, 6.07) is 16.8. The van der Waals surface area contributed by atoms with Gasteiger partial charge in [-0.25, -0.2) is 9.18 Å². The van der Waals surface area contributed by atoms with E-state index in [0.29, 0.717) is 24.2 Å². The fourth-order valence-electron chi connectivity index (χ4n) is 4.44. The number of aryl methyl sites for hydroxylation is 1. The SMILES string of the molecule is CC(OC(=O)Nc1c(-c2ccc(-c3ccc(C4(C(=O)O)CC4)cc3)cc2)c(F)cn1C)c1ccsc1. The molecule has 2 heterocycles. The quantitative estimate of drug-likeness (QED) is 0.284. The van der Waals surface area contributed by atoms with Crippen molar-refractivity contribution in [2.75, 3.05) is 5.32 Å². The van der Waals surface area contributed by atoms with Crippen molar-refractivity contribution in [2.24, 2.45) is 7.05 Å². The summed E-state index contributed by atoms with van der Waals surface area (Å²) < 4.78 is 21.9. The first-order chi connectivity index (χ1) is 17.3. The molecule has 184 valence electrons. The highest BCUT2D eigenvalue weighted by Crippen LogP contribution is 2.48. The molecule has 6 nitrogen and oxygen atoms in total. The number of carbonyl (C=O) groups is 2. The van der Waals surface area contributed by atoms with Gasteiger partial charge in [0.1, 0.15) is 11.9 Å². The van der Waals surface area contributed by atoms with Crippen molar-refractivity contribution in [2.45, 2.75) is 31.3 Å². The van der Waals surface area contributed by atoms with E-state index in [9.17, 15) is 19.1 Å². The van der Waals surface area contributed by atoms with Crippen LogP contribution in [0.4, 0.5) is 15.0 Å². The molecule has 1 saturated carbocycles. The summed E-state index contributed by atoms with van der Waals surface area (Å²) in [4.78, 5) is 24.1. The standard InChI is InChI=1S/C28H25FN2O4S/c1-17(21-11-14-36-16-21)35-27(34)30-25-24(23(29)15-31(25)2)20-5-3-18(4-6-20)19-7-9-22(10-8-19)28(12-13-28)26(32)33/h3-11,14-17H,12-13H2,1-2H3,(H,30,34)(H,32,33). The van der Waals surface area contributed by atoms with Crippen LogP contribution in [-0.4, -0.2) is 21.7 Å². The zero-order valence-electron chi connectivity index (χ0n) is 19.8. The third-order valence-electron chi connectivity index (χ3n) is 6.76. The second kappa shape index (κ2) is 9.28. The molecular formula is C28H25FN2O4S. The minimum atomic E-state index is -0.779. The van der Waals surface area contributed by atoms with Crippen LogP contribution in [0.25, 0.3) is 22.3 Å². The van der Waals surface area contributed by atoms with Crippen molar-refractivity contribution >= 4 is 29.2 Å². The fourth-order valence-corrected chi connectivity index (χ4v) is 5.18. The number of carbonyl (C=O) groups excluding carboxylic acids is 1. The maximum atomic E-state index is 14.9. The van der Waals surface area contributed by atoms with Gasteiger partial charge in [0.25, 0.3) is 0 Å². The first-order valence-electron chi connectivity index (χ1n) is 11.6. The van der Waals surface area contributed by atoms with E-state index in [-0.39, 0.29) is 5.56 Å². The molecule has 36 heavy (non-hydrogen) atoms. The van der Waals surface area contributed by atoms with Gasteiger partial charge < -0.3 is 14.4 Å². The Kier molecular flexibility index (Phi) is 6.14. The number of hydrogen-bond acceptors (Lipinski definition) is 4. The molecular weight excluding hydrogens is 479 g/mol. The number of nitrogens with one attached hydrogen (secondary N) is 1. The van der Waals surface area contributed by atoms with Gasteiger partial charge in [-0.1, -0.05) is 48.5 Å². The Bertz CT molecular complexity index is 1410. The molecule has 1 aliphatic carbocycles. The van der Waals surface area contributed by atoms with Crippen molar-refractivity contribution in [1.82, 2.24) is 4.57 Å². The van der Waals surface area contributed by atoms with Crippen LogP contribution in [-0.2, 0) is 22.0 Å². The largest absolute Gasteiger partial charge is 0.481 e. The van der Waals surface area contributed by atoms with E-state index in [2.05, 4.69) is 5.32 Å². The van der Waals surface area contributed by atoms with E-state index in [1.54, 1.807) is 26.1 Å². The number of amides is 1. The summed E-state index contributed by atoms with van der Waals surface area (Å²) >= 11 is 1.52. The van der Waals surface area contributed by atoms with E-state index in [4.69, 9.17) is 4.74 Å². The Labute approximate surface area is 212 Å². The molecule has 0 saturated heterocycles. The van der Waals surface area contributed by atoms with Crippen LogP contribution in [0.2, 0.25) is 0 Å². The van der Waals surface area contributed by atoms with Crippen molar-refractivity contribution < 1.29 is 23.8 Å². The van der Waals surface area contributed by atoms with Gasteiger partial charge in [0, 0.05) is 18.8 Å². The maximum Gasteiger partial charge on any atom is 0.413 e. The predicted octanol–water partition coefficient (Wildman–Crippen LogP) is 6.99. The van der Waals surface area contributed by atoms with Crippen molar-refractivity contribution in [1.29, 1.82) is 0 Å². The Morgan fingerprint density at radius 1 is 1.06 bits per heavy atom. The summed E-state index contributed by atoms with van der Waals surface area (Å²) in [7, 11) is 1.66. The molecule has 5 rings (SSSR count). The zero-order valence-corrected chi connectivity index (χ0v) is 20.6. The number of benzene rings is 2. The summed E-state index contributed by atoms with van der Waals surface area (Å²) in [5.74, 6) is -0.937. The lowest BCUT2D eigenvalue weighted by Crippen LogP contribution is -2.19. The van der Waals surface area contributed by atoms with Crippen LogP contribution in [0.5, 0.6) is 0 Å². The molecule has 2 aromatic heterocycles. The number of halogens is 1. The van der Waals surface area contributed by atoms with Crippen LogP contribution in [0.1, 0.15) is 37.0 Å². The average molecular weight is 505 g/mol. The van der Waals surface area contributed by atoms with Crippen molar-refractivity contribution in [3.8, 4) is 22.3 Å². The number of rotatable bonds is 7. The molecule has 4 aromatic rings. The first kappa shape index (κ1) is 23.8. The lowest BCUT2D eigenvalue weighted by atomic mass is 9.93. The number of hydrogen-bond donors (Lipinski definition) is 2. The Balaban J connectivity index is 1.34. The predicted molar refractivity (Wildman–Crippen MR) is 138 cm³/mol. The fraction of sp³-hybridized carbons (Fsp3) is 0.214. The van der Waals surface area contributed by atoms with Gasteiger partial charge in [-0.15, -0.1) is 0 Å². The van der Waals surface area contributed by atoms with Crippen molar-refractivity contribution in [3.63, 3.8) is 0 Å². The molecule has 1 aliphatic rings. The number of aromatic nitrogens is 1. The summed E-state index contributed by atoms with van der Waals surface area (Å²) in [5, 5.41) is 16.0.